The Morgan fingerprint density at radius 3 is 2.54 bits per heavy atom. The highest BCUT2D eigenvalue weighted by Crippen LogP contribution is 2.29. The van der Waals surface area contributed by atoms with Crippen molar-refractivity contribution in [2.24, 2.45) is 0 Å². The average molecular weight is 379 g/mol. The Labute approximate surface area is 165 Å². The lowest BCUT2D eigenvalue weighted by Crippen LogP contribution is -2.29. The number of urea groups is 1. The van der Waals surface area contributed by atoms with Crippen LogP contribution >= 0.6 is 0 Å². The van der Waals surface area contributed by atoms with Gasteiger partial charge in [0.15, 0.2) is 11.5 Å². The number of nitrogens with zero attached hydrogens (tertiary/aromatic N) is 1. The fourth-order valence-electron chi connectivity index (χ4n) is 3.00. The minimum atomic E-state index is -0.282. The maximum atomic E-state index is 12.3. The predicted molar refractivity (Wildman–Crippen MR) is 110 cm³/mol. The molecule has 0 spiro atoms. The molecule has 0 unspecified atom stereocenters. The van der Waals surface area contributed by atoms with Gasteiger partial charge in [0.2, 0.25) is 0 Å². The van der Waals surface area contributed by atoms with E-state index in [9.17, 15) is 4.79 Å². The number of hydrogen-bond acceptors (Lipinski definition) is 3. The highest BCUT2D eigenvalue weighted by Gasteiger charge is 2.09. The van der Waals surface area contributed by atoms with E-state index in [1.807, 2.05) is 30.5 Å². The second-order valence-electron chi connectivity index (χ2n) is 6.43. The van der Waals surface area contributed by atoms with Gasteiger partial charge >= 0.3 is 6.03 Å². The van der Waals surface area contributed by atoms with Crippen LogP contribution in [0.15, 0.2) is 60.8 Å². The van der Waals surface area contributed by atoms with E-state index in [4.69, 9.17) is 9.47 Å². The van der Waals surface area contributed by atoms with E-state index in [0.717, 1.165) is 12.2 Å². The van der Waals surface area contributed by atoms with Gasteiger partial charge in [-0.1, -0.05) is 24.3 Å². The van der Waals surface area contributed by atoms with Crippen molar-refractivity contribution in [2.45, 2.75) is 20.0 Å². The van der Waals surface area contributed by atoms with E-state index < -0.39 is 0 Å². The first-order valence-corrected chi connectivity index (χ1v) is 9.06. The first kappa shape index (κ1) is 19.4. The van der Waals surface area contributed by atoms with Crippen molar-refractivity contribution in [2.75, 3.05) is 19.5 Å². The standard InChI is InChI=1S/C22H25N3O3/c1-16-7-4-5-8-17(16)15-25-12-6-9-19(25)14-23-22(26)24-18-10-11-20(27-2)21(13-18)28-3/h4-13H,14-15H2,1-3H3,(H2,23,24,26). The van der Waals surface area contributed by atoms with Gasteiger partial charge in [0.25, 0.3) is 0 Å². The summed E-state index contributed by atoms with van der Waals surface area (Å²) in [5, 5.41) is 5.71. The zero-order valence-electron chi connectivity index (χ0n) is 16.4. The van der Waals surface area contributed by atoms with Gasteiger partial charge in [-0.05, 0) is 42.3 Å². The van der Waals surface area contributed by atoms with Crippen LogP contribution in [-0.4, -0.2) is 24.8 Å². The van der Waals surface area contributed by atoms with Crippen molar-refractivity contribution >= 4 is 11.7 Å². The second kappa shape index (κ2) is 8.99. The molecule has 2 aromatic carbocycles. The molecule has 0 bridgehead atoms. The Balaban J connectivity index is 1.60. The van der Waals surface area contributed by atoms with Gasteiger partial charge < -0.3 is 24.7 Å². The number of ether oxygens (including phenoxy) is 2. The third-order valence-corrected chi connectivity index (χ3v) is 4.60. The highest BCUT2D eigenvalue weighted by molar-refractivity contribution is 5.89. The van der Waals surface area contributed by atoms with Crippen molar-refractivity contribution in [3.63, 3.8) is 0 Å². The topological polar surface area (TPSA) is 64.5 Å². The van der Waals surface area contributed by atoms with Gasteiger partial charge in [-0.25, -0.2) is 4.79 Å². The summed E-state index contributed by atoms with van der Waals surface area (Å²) in [6.45, 7) is 3.30. The smallest absolute Gasteiger partial charge is 0.319 e. The normalized spacial score (nSPS) is 10.4. The van der Waals surface area contributed by atoms with E-state index in [2.05, 4.69) is 34.3 Å². The molecule has 146 valence electrons. The molecule has 0 radical (unpaired) electrons. The quantitative estimate of drug-likeness (QED) is 0.647. The molecule has 28 heavy (non-hydrogen) atoms. The van der Waals surface area contributed by atoms with Crippen LogP contribution in [0.5, 0.6) is 11.5 Å². The van der Waals surface area contributed by atoms with Gasteiger partial charge in [-0.15, -0.1) is 0 Å². The van der Waals surface area contributed by atoms with Crippen LogP contribution in [0.25, 0.3) is 0 Å². The number of aryl methyl sites for hydroxylation is 1. The van der Waals surface area contributed by atoms with Gasteiger partial charge in [-0.3, -0.25) is 0 Å². The monoisotopic (exact) mass is 379 g/mol. The summed E-state index contributed by atoms with van der Waals surface area (Å²) >= 11 is 0. The van der Waals surface area contributed by atoms with Crippen molar-refractivity contribution in [3.8, 4) is 11.5 Å². The van der Waals surface area contributed by atoms with Gasteiger partial charge in [0.1, 0.15) is 0 Å². The molecule has 6 nitrogen and oxygen atoms in total. The third kappa shape index (κ3) is 4.65. The first-order valence-electron chi connectivity index (χ1n) is 9.06. The molecule has 1 aromatic heterocycles. The third-order valence-electron chi connectivity index (χ3n) is 4.60. The van der Waals surface area contributed by atoms with Gasteiger partial charge in [0.05, 0.1) is 20.8 Å². The largest absolute Gasteiger partial charge is 0.493 e. The molecule has 0 atom stereocenters. The number of amides is 2. The van der Waals surface area contributed by atoms with E-state index in [1.54, 1.807) is 32.4 Å². The van der Waals surface area contributed by atoms with Crippen LogP contribution in [-0.2, 0) is 13.1 Å². The maximum absolute atomic E-state index is 12.3. The molecule has 3 rings (SSSR count). The van der Waals surface area contributed by atoms with Crippen LogP contribution in [0.4, 0.5) is 10.5 Å². The lowest BCUT2D eigenvalue weighted by molar-refractivity contribution is 0.251. The number of aromatic nitrogens is 1. The summed E-state index contributed by atoms with van der Waals surface area (Å²) < 4.78 is 12.6. The summed E-state index contributed by atoms with van der Waals surface area (Å²) in [5.41, 5.74) is 4.17. The van der Waals surface area contributed by atoms with Crippen LogP contribution in [0.3, 0.4) is 0 Å². The molecule has 0 aliphatic rings. The Bertz CT molecular complexity index is 950. The lowest BCUT2D eigenvalue weighted by Gasteiger charge is -2.13. The van der Waals surface area contributed by atoms with E-state index in [-0.39, 0.29) is 6.03 Å². The Morgan fingerprint density at radius 2 is 1.79 bits per heavy atom. The molecule has 2 N–H and O–H groups in total. The summed E-state index contributed by atoms with van der Waals surface area (Å²) in [7, 11) is 3.13. The summed E-state index contributed by atoms with van der Waals surface area (Å²) in [6, 6.07) is 17.3. The van der Waals surface area contributed by atoms with Crippen LogP contribution in [0.2, 0.25) is 0 Å². The van der Waals surface area contributed by atoms with Gasteiger partial charge in [-0.2, -0.15) is 0 Å². The summed E-state index contributed by atoms with van der Waals surface area (Å²) in [5.74, 6) is 1.18. The van der Waals surface area contributed by atoms with Crippen molar-refractivity contribution in [3.05, 3.63) is 77.6 Å². The number of carbonyl (C=O) groups is 1. The molecular formula is C22H25N3O3. The lowest BCUT2D eigenvalue weighted by atomic mass is 10.1. The molecule has 1 heterocycles. The van der Waals surface area contributed by atoms with Crippen molar-refractivity contribution < 1.29 is 14.3 Å². The molecule has 0 fully saturated rings. The molecule has 0 aliphatic heterocycles. The number of benzene rings is 2. The molecule has 3 aromatic rings. The van der Waals surface area contributed by atoms with Gasteiger partial charge in [0, 0.05) is 30.2 Å². The fourth-order valence-corrected chi connectivity index (χ4v) is 3.00. The number of rotatable bonds is 7. The Hall–Kier alpha value is -3.41. The Kier molecular flexibility index (Phi) is 6.22. The molecule has 0 saturated heterocycles. The van der Waals surface area contributed by atoms with Crippen molar-refractivity contribution in [1.82, 2.24) is 9.88 Å². The Morgan fingerprint density at radius 1 is 1.00 bits per heavy atom. The van der Waals surface area contributed by atoms with Crippen LogP contribution in [0.1, 0.15) is 16.8 Å². The molecule has 0 aliphatic carbocycles. The van der Waals surface area contributed by atoms with E-state index >= 15 is 0 Å². The minimum Gasteiger partial charge on any atom is -0.493 e. The number of carbonyl (C=O) groups excluding carboxylic acids is 1. The first-order chi connectivity index (χ1) is 13.6. The molecule has 2 amide bonds. The zero-order valence-corrected chi connectivity index (χ0v) is 16.4. The fraction of sp³-hybridized carbons (Fsp3) is 0.227. The van der Waals surface area contributed by atoms with Crippen LogP contribution in [0, 0.1) is 6.92 Å². The predicted octanol–water partition coefficient (Wildman–Crippen LogP) is 4.18. The van der Waals surface area contributed by atoms with Crippen molar-refractivity contribution in [1.29, 1.82) is 0 Å². The average Bonchev–Trinajstić information content (AvgIpc) is 3.15. The van der Waals surface area contributed by atoms with Crippen LogP contribution < -0.4 is 20.1 Å². The minimum absolute atomic E-state index is 0.282. The van der Waals surface area contributed by atoms with E-state index in [1.165, 1.54) is 11.1 Å². The molecule has 0 saturated carbocycles. The second-order valence-corrected chi connectivity index (χ2v) is 6.43. The number of nitrogens with one attached hydrogen (secondary N) is 2. The summed E-state index contributed by atoms with van der Waals surface area (Å²) in [4.78, 5) is 12.3. The van der Waals surface area contributed by atoms with E-state index in [0.29, 0.717) is 23.7 Å². The summed E-state index contributed by atoms with van der Waals surface area (Å²) in [6.07, 6.45) is 2.02. The number of methoxy groups -OCH3 is 2. The molecule has 6 heteroatoms. The number of hydrogen-bond donors (Lipinski definition) is 2. The highest BCUT2D eigenvalue weighted by atomic mass is 16.5. The SMILES string of the molecule is COc1ccc(NC(=O)NCc2cccn2Cc2ccccc2C)cc1OC. The maximum Gasteiger partial charge on any atom is 0.319 e. The zero-order chi connectivity index (χ0) is 19.9. The molecular weight excluding hydrogens is 354 g/mol. The number of anilines is 1.